The summed E-state index contributed by atoms with van der Waals surface area (Å²) in [5.41, 5.74) is 2.27. The Balaban J connectivity index is 1.89. The van der Waals surface area contributed by atoms with Gasteiger partial charge in [0.15, 0.2) is 0 Å². The molecule has 1 aliphatic rings. The Morgan fingerprint density at radius 2 is 2.33 bits per heavy atom. The molecule has 0 radical (unpaired) electrons. The Bertz CT molecular complexity index is 662. The number of benzene rings is 1. The fraction of sp³-hybridized carbons (Fsp3) is 0.357. The van der Waals surface area contributed by atoms with Gasteiger partial charge in [-0.25, -0.2) is 4.98 Å². The smallest absolute Gasteiger partial charge is 0.272 e. The van der Waals surface area contributed by atoms with Gasteiger partial charge >= 0.3 is 0 Å². The Labute approximate surface area is 121 Å². The quantitative estimate of drug-likeness (QED) is 0.665. The van der Waals surface area contributed by atoms with E-state index in [9.17, 15) is 10.1 Å². The van der Waals surface area contributed by atoms with E-state index in [-0.39, 0.29) is 16.7 Å². The minimum Gasteiger partial charge on any atom is -0.378 e. The molecule has 1 aromatic heterocycles. The second-order valence-electron chi connectivity index (χ2n) is 5.02. The summed E-state index contributed by atoms with van der Waals surface area (Å²) in [5.74, 6) is 0.785. The van der Waals surface area contributed by atoms with E-state index in [1.807, 2.05) is 6.07 Å². The predicted octanol–water partition coefficient (Wildman–Crippen LogP) is 1.95. The standard InChI is InChI=1S/C14H16N4O3/c1-9-2-3-10(6-13(9)18(19)20)11-7-16-14(17-11)12-8-21-5-4-15-12/h2-3,6-7,12,15H,4-5,8H2,1H3,(H,16,17). The highest BCUT2D eigenvalue weighted by molar-refractivity contribution is 5.63. The van der Waals surface area contributed by atoms with Gasteiger partial charge < -0.3 is 15.0 Å². The fourth-order valence-electron chi connectivity index (χ4n) is 2.38. The van der Waals surface area contributed by atoms with Gasteiger partial charge in [-0.1, -0.05) is 12.1 Å². The highest BCUT2D eigenvalue weighted by Crippen LogP contribution is 2.26. The van der Waals surface area contributed by atoms with Crippen LogP contribution in [0, 0.1) is 17.0 Å². The zero-order valence-electron chi connectivity index (χ0n) is 11.6. The number of hydrogen-bond acceptors (Lipinski definition) is 5. The van der Waals surface area contributed by atoms with Gasteiger partial charge in [0.1, 0.15) is 5.82 Å². The van der Waals surface area contributed by atoms with E-state index >= 15 is 0 Å². The van der Waals surface area contributed by atoms with Gasteiger partial charge in [-0.15, -0.1) is 0 Å². The number of nitro groups is 1. The Morgan fingerprint density at radius 3 is 3.05 bits per heavy atom. The summed E-state index contributed by atoms with van der Waals surface area (Å²) in [7, 11) is 0. The maximum Gasteiger partial charge on any atom is 0.272 e. The summed E-state index contributed by atoms with van der Waals surface area (Å²) >= 11 is 0. The number of nitrogens with zero attached hydrogens (tertiary/aromatic N) is 2. The van der Waals surface area contributed by atoms with Gasteiger partial charge in [0.25, 0.3) is 5.69 Å². The van der Waals surface area contributed by atoms with E-state index in [1.165, 1.54) is 0 Å². The lowest BCUT2D eigenvalue weighted by atomic mass is 10.1. The van der Waals surface area contributed by atoms with Crippen molar-refractivity contribution in [2.75, 3.05) is 19.8 Å². The molecule has 2 N–H and O–H groups in total. The lowest BCUT2D eigenvalue weighted by molar-refractivity contribution is -0.385. The lowest BCUT2D eigenvalue weighted by Crippen LogP contribution is -2.35. The van der Waals surface area contributed by atoms with Crippen LogP contribution < -0.4 is 5.32 Å². The number of aryl methyl sites for hydroxylation is 1. The average Bonchev–Trinajstić information content (AvgIpc) is 2.98. The zero-order valence-corrected chi connectivity index (χ0v) is 11.6. The van der Waals surface area contributed by atoms with Crippen LogP contribution >= 0.6 is 0 Å². The SMILES string of the molecule is Cc1ccc(-c2cnc(C3COCCN3)[nH]2)cc1[N+](=O)[O-]. The van der Waals surface area contributed by atoms with Gasteiger partial charge in [0, 0.05) is 23.7 Å². The number of aromatic amines is 1. The van der Waals surface area contributed by atoms with Crippen LogP contribution in [0.25, 0.3) is 11.3 Å². The van der Waals surface area contributed by atoms with Gasteiger partial charge in [-0.3, -0.25) is 10.1 Å². The third kappa shape index (κ3) is 2.79. The molecule has 1 aliphatic heterocycles. The molecule has 2 heterocycles. The normalized spacial score (nSPS) is 18.6. The van der Waals surface area contributed by atoms with Crippen molar-refractivity contribution in [2.24, 2.45) is 0 Å². The van der Waals surface area contributed by atoms with E-state index in [1.54, 1.807) is 25.3 Å². The summed E-state index contributed by atoms with van der Waals surface area (Å²) in [6, 6.07) is 5.20. The molecular formula is C14H16N4O3. The van der Waals surface area contributed by atoms with Crippen molar-refractivity contribution in [3.05, 3.63) is 45.9 Å². The second kappa shape index (κ2) is 5.63. The molecule has 0 bridgehead atoms. The highest BCUT2D eigenvalue weighted by atomic mass is 16.6. The van der Waals surface area contributed by atoms with Gasteiger partial charge in [-0.05, 0) is 6.92 Å². The lowest BCUT2D eigenvalue weighted by Gasteiger charge is -2.21. The molecule has 0 aliphatic carbocycles. The molecule has 0 saturated carbocycles. The summed E-state index contributed by atoms with van der Waals surface area (Å²) in [6.45, 7) is 3.79. The molecule has 3 rings (SSSR count). The number of ether oxygens (including phenoxy) is 1. The van der Waals surface area contributed by atoms with Gasteiger partial charge in [0.05, 0.1) is 36.1 Å². The van der Waals surface area contributed by atoms with Gasteiger partial charge in [0.2, 0.25) is 0 Å². The molecule has 7 heteroatoms. The third-order valence-corrected chi connectivity index (χ3v) is 3.56. The summed E-state index contributed by atoms with van der Waals surface area (Å²) in [4.78, 5) is 18.2. The largest absolute Gasteiger partial charge is 0.378 e. The molecular weight excluding hydrogens is 272 g/mol. The average molecular weight is 288 g/mol. The number of rotatable bonds is 3. The second-order valence-corrected chi connectivity index (χ2v) is 5.02. The van der Waals surface area contributed by atoms with Gasteiger partial charge in [-0.2, -0.15) is 0 Å². The first-order valence-electron chi connectivity index (χ1n) is 6.76. The maximum absolute atomic E-state index is 11.0. The zero-order chi connectivity index (χ0) is 14.8. The molecule has 1 unspecified atom stereocenters. The summed E-state index contributed by atoms with van der Waals surface area (Å²) in [5, 5.41) is 14.3. The van der Waals surface area contributed by atoms with Crippen LogP contribution in [0.2, 0.25) is 0 Å². The fourth-order valence-corrected chi connectivity index (χ4v) is 2.38. The molecule has 7 nitrogen and oxygen atoms in total. The Morgan fingerprint density at radius 1 is 1.48 bits per heavy atom. The number of imidazole rings is 1. The summed E-state index contributed by atoms with van der Waals surface area (Å²) < 4.78 is 5.41. The topological polar surface area (TPSA) is 93.1 Å². The van der Waals surface area contributed by atoms with Crippen molar-refractivity contribution < 1.29 is 9.66 Å². The minimum atomic E-state index is -0.368. The Hall–Kier alpha value is -2.25. The molecule has 0 amide bonds. The summed E-state index contributed by atoms with van der Waals surface area (Å²) in [6.07, 6.45) is 1.69. The van der Waals surface area contributed by atoms with Crippen molar-refractivity contribution in [1.29, 1.82) is 0 Å². The van der Waals surface area contributed by atoms with Crippen LogP contribution in [-0.2, 0) is 4.74 Å². The number of hydrogen-bond donors (Lipinski definition) is 2. The maximum atomic E-state index is 11.0. The first-order valence-corrected chi connectivity index (χ1v) is 6.76. The number of nitrogens with one attached hydrogen (secondary N) is 2. The van der Waals surface area contributed by atoms with Crippen LogP contribution in [0.15, 0.2) is 24.4 Å². The van der Waals surface area contributed by atoms with Crippen LogP contribution in [0.1, 0.15) is 17.4 Å². The highest BCUT2D eigenvalue weighted by Gasteiger charge is 2.19. The number of nitro benzene ring substituents is 1. The molecule has 1 fully saturated rings. The first-order chi connectivity index (χ1) is 10.1. The molecule has 1 aromatic carbocycles. The van der Waals surface area contributed by atoms with Crippen molar-refractivity contribution in [1.82, 2.24) is 15.3 Å². The number of H-pyrrole nitrogens is 1. The molecule has 0 spiro atoms. The van der Waals surface area contributed by atoms with E-state index < -0.39 is 0 Å². The monoisotopic (exact) mass is 288 g/mol. The van der Waals surface area contributed by atoms with Crippen molar-refractivity contribution in [3.8, 4) is 11.3 Å². The van der Waals surface area contributed by atoms with E-state index in [0.29, 0.717) is 18.8 Å². The van der Waals surface area contributed by atoms with E-state index in [0.717, 1.165) is 23.6 Å². The third-order valence-electron chi connectivity index (χ3n) is 3.56. The predicted molar refractivity (Wildman–Crippen MR) is 77.0 cm³/mol. The molecule has 1 saturated heterocycles. The molecule has 21 heavy (non-hydrogen) atoms. The van der Waals surface area contributed by atoms with E-state index in [4.69, 9.17) is 4.74 Å². The number of morpholine rings is 1. The minimum absolute atomic E-state index is 0.0351. The van der Waals surface area contributed by atoms with Crippen molar-refractivity contribution in [2.45, 2.75) is 13.0 Å². The first kappa shape index (κ1) is 13.7. The van der Waals surface area contributed by atoms with Crippen LogP contribution in [0.5, 0.6) is 0 Å². The van der Waals surface area contributed by atoms with Crippen molar-refractivity contribution >= 4 is 5.69 Å². The van der Waals surface area contributed by atoms with E-state index in [2.05, 4.69) is 15.3 Å². The van der Waals surface area contributed by atoms with Crippen LogP contribution in [-0.4, -0.2) is 34.6 Å². The molecule has 1 atom stereocenters. The molecule has 2 aromatic rings. The van der Waals surface area contributed by atoms with Crippen LogP contribution in [0.4, 0.5) is 5.69 Å². The molecule has 110 valence electrons. The van der Waals surface area contributed by atoms with Crippen molar-refractivity contribution in [3.63, 3.8) is 0 Å². The number of aromatic nitrogens is 2. The van der Waals surface area contributed by atoms with Crippen LogP contribution in [0.3, 0.4) is 0 Å². The Kier molecular flexibility index (Phi) is 3.68.